The summed E-state index contributed by atoms with van der Waals surface area (Å²) < 4.78 is 12.1. The van der Waals surface area contributed by atoms with Gasteiger partial charge in [0.1, 0.15) is 11.5 Å². The molecule has 0 fully saturated rings. The number of rotatable bonds is 8. The lowest BCUT2D eigenvalue weighted by Gasteiger charge is -2.11. The third kappa shape index (κ3) is 5.26. The fraction of sp³-hybridized carbons (Fsp3) is 0.261. The molecule has 0 spiro atoms. The number of carbonyl (C=O) groups excluding carboxylic acids is 1. The lowest BCUT2D eigenvalue weighted by Crippen LogP contribution is -2.34. The van der Waals surface area contributed by atoms with Crippen LogP contribution in [0.3, 0.4) is 0 Å². The summed E-state index contributed by atoms with van der Waals surface area (Å²) in [4.78, 5) is 24.2. The molecule has 156 valence electrons. The van der Waals surface area contributed by atoms with Gasteiger partial charge in [0.25, 0.3) is 11.5 Å². The molecule has 0 saturated heterocycles. The van der Waals surface area contributed by atoms with Crippen LogP contribution in [-0.2, 0) is 11.3 Å². The second-order valence-electron chi connectivity index (χ2n) is 6.85. The highest BCUT2D eigenvalue weighted by Crippen LogP contribution is 2.20. The van der Waals surface area contributed by atoms with Gasteiger partial charge in [0.05, 0.1) is 19.3 Å². The van der Waals surface area contributed by atoms with E-state index >= 15 is 0 Å². The first kappa shape index (κ1) is 21.1. The summed E-state index contributed by atoms with van der Waals surface area (Å²) in [5, 5.41) is 7.15. The molecule has 0 aliphatic heterocycles. The number of ether oxygens (including phenoxy) is 2. The van der Waals surface area contributed by atoms with Crippen molar-refractivity contribution < 1.29 is 14.3 Å². The predicted octanol–water partition coefficient (Wildman–Crippen LogP) is 2.73. The van der Waals surface area contributed by atoms with Crippen molar-refractivity contribution in [3.05, 3.63) is 76.1 Å². The minimum Gasteiger partial charge on any atom is -0.497 e. The Morgan fingerprint density at radius 3 is 2.57 bits per heavy atom. The Balaban J connectivity index is 1.55. The lowest BCUT2D eigenvalue weighted by atomic mass is 10.1. The summed E-state index contributed by atoms with van der Waals surface area (Å²) in [5.74, 6) is 1.18. The first-order valence-corrected chi connectivity index (χ1v) is 9.66. The molecular formula is C23H25N3O4. The van der Waals surface area contributed by atoms with Gasteiger partial charge in [-0.2, -0.15) is 5.10 Å². The van der Waals surface area contributed by atoms with Crippen LogP contribution in [0.15, 0.2) is 59.4 Å². The smallest absolute Gasteiger partial charge is 0.266 e. The second kappa shape index (κ2) is 9.73. The third-order valence-corrected chi connectivity index (χ3v) is 4.81. The molecule has 0 aliphatic carbocycles. The fourth-order valence-electron chi connectivity index (χ4n) is 2.90. The zero-order valence-corrected chi connectivity index (χ0v) is 17.3. The highest BCUT2D eigenvalue weighted by molar-refractivity contribution is 5.77. The van der Waals surface area contributed by atoms with Crippen LogP contribution >= 0.6 is 0 Å². The van der Waals surface area contributed by atoms with Crippen LogP contribution in [0.1, 0.15) is 11.1 Å². The second-order valence-corrected chi connectivity index (χ2v) is 6.85. The van der Waals surface area contributed by atoms with E-state index in [-0.39, 0.29) is 31.2 Å². The first-order valence-electron chi connectivity index (χ1n) is 9.66. The molecule has 0 atom stereocenters. The van der Waals surface area contributed by atoms with Gasteiger partial charge < -0.3 is 14.8 Å². The highest BCUT2D eigenvalue weighted by Gasteiger charge is 2.07. The maximum Gasteiger partial charge on any atom is 0.266 e. The number of carbonyl (C=O) groups is 1. The van der Waals surface area contributed by atoms with Gasteiger partial charge in [0, 0.05) is 18.2 Å². The highest BCUT2D eigenvalue weighted by atomic mass is 16.5. The van der Waals surface area contributed by atoms with Crippen LogP contribution in [-0.4, -0.2) is 35.9 Å². The zero-order chi connectivity index (χ0) is 21.5. The van der Waals surface area contributed by atoms with Crippen molar-refractivity contribution in [1.29, 1.82) is 0 Å². The van der Waals surface area contributed by atoms with Crippen molar-refractivity contribution >= 4 is 5.91 Å². The Bertz CT molecular complexity index is 1070. The van der Waals surface area contributed by atoms with Crippen LogP contribution in [0, 0.1) is 13.8 Å². The van der Waals surface area contributed by atoms with Crippen molar-refractivity contribution in [3.8, 4) is 22.8 Å². The SMILES string of the molecule is COc1ccc(-c2ccc(=O)n(CCNC(=O)COc3cccc(C)c3C)n2)cc1. The number of aryl methyl sites for hydroxylation is 1. The molecule has 0 radical (unpaired) electrons. The van der Waals surface area contributed by atoms with Gasteiger partial charge in [-0.3, -0.25) is 9.59 Å². The standard InChI is InChI=1S/C23H25N3O4/c1-16-5-4-6-21(17(16)2)30-15-22(27)24-13-14-26-23(28)12-11-20(25-26)18-7-9-19(29-3)10-8-18/h4-12H,13-15H2,1-3H3,(H,24,27). The van der Waals surface area contributed by atoms with Gasteiger partial charge in [-0.15, -0.1) is 0 Å². The van der Waals surface area contributed by atoms with Gasteiger partial charge in [-0.1, -0.05) is 12.1 Å². The van der Waals surface area contributed by atoms with Crippen molar-refractivity contribution in [2.24, 2.45) is 0 Å². The topological polar surface area (TPSA) is 82.5 Å². The van der Waals surface area contributed by atoms with Crippen LogP contribution in [0.5, 0.6) is 11.5 Å². The minimum atomic E-state index is -0.254. The van der Waals surface area contributed by atoms with Gasteiger partial charge in [0.2, 0.25) is 0 Å². The monoisotopic (exact) mass is 407 g/mol. The molecule has 1 aromatic heterocycles. The Labute approximate surface area is 175 Å². The fourth-order valence-corrected chi connectivity index (χ4v) is 2.90. The molecule has 30 heavy (non-hydrogen) atoms. The van der Waals surface area contributed by atoms with E-state index in [1.165, 1.54) is 10.7 Å². The number of hydrogen-bond acceptors (Lipinski definition) is 5. The summed E-state index contributed by atoms with van der Waals surface area (Å²) in [6.45, 7) is 4.40. The van der Waals surface area contributed by atoms with Crippen molar-refractivity contribution in [2.75, 3.05) is 20.3 Å². The van der Waals surface area contributed by atoms with E-state index in [9.17, 15) is 9.59 Å². The number of methoxy groups -OCH3 is 1. The molecular weight excluding hydrogens is 382 g/mol. The Hall–Kier alpha value is -3.61. The third-order valence-electron chi connectivity index (χ3n) is 4.81. The number of amides is 1. The largest absolute Gasteiger partial charge is 0.497 e. The Morgan fingerprint density at radius 2 is 1.83 bits per heavy atom. The summed E-state index contributed by atoms with van der Waals surface area (Å²) >= 11 is 0. The molecule has 0 bridgehead atoms. The van der Waals surface area contributed by atoms with Crippen molar-refractivity contribution in [1.82, 2.24) is 15.1 Å². The summed E-state index contributed by atoms with van der Waals surface area (Å²) in [7, 11) is 1.61. The average Bonchev–Trinajstić information content (AvgIpc) is 2.76. The summed E-state index contributed by atoms with van der Waals surface area (Å²) in [6.07, 6.45) is 0. The lowest BCUT2D eigenvalue weighted by molar-refractivity contribution is -0.123. The molecule has 0 unspecified atom stereocenters. The van der Waals surface area contributed by atoms with Crippen LogP contribution in [0.25, 0.3) is 11.3 Å². The van der Waals surface area contributed by atoms with E-state index in [4.69, 9.17) is 9.47 Å². The number of benzene rings is 2. The maximum absolute atomic E-state index is 12.1. The van der Waals surface area contributed by atoms with Crippen molar-refractivity contribution in [2.45, 2.75) is 20.4 Å². The number of nitrogens with one attached hydrogen (secondary N) is 1. The molecule has 0 aliphatic rings. The number of aromatic nitrogens is 2. The van der Waals surface area contributed by atoms with E-state index in [1.54, 1.807) is 13.2 Å². The molecule has 7 nitrogen and oxygen atoms in total. The van der Waals surface area contributed by atoms with E-state index in [2.05, 4.69) is 10.4 Å². The van der Waals surface area contributed by atoms with E-state index < -0.39 is 0 Å². The van der Waals surface area contributed by atoms with Gasteiger partial charge in [-0.05, 0) is 61.4 Å². The molecule has 1 heterocycles. The number of nitrogens with zero attached hydrogens (tertiary/aromatic N) is 2. The van der Waals surface area contributed by atoms with E-state index in [0.29, 0.717) is 11.4 Å². The number of hydrogen-bond donors (Lipinski definition) is 1. The quantitative estimate of drug-likeness (QED) is 0.621. The first-order chi connectivity index (χ1) is 14.5. The van der Waals surface area contributed by atoms with Gasteiger partial charge in [-0.25, -0.2) is 4.68 Å². The van der Waals surface area contributed by atoms with E-state index in [0.717, 1.165) is 22.4 Å². The molecule has 7 heteroatoms. The molecule has 0 saturated carbocycles. The minimum absolute atomic E-state index is 0.0848. The molecule has 1 N–H and O–H groups in total. The molecule has 1 amide bonds. The molecule has 2 aromatic carbocycles. The van der Waals surface area contributed by atoms with Gasteiger partial charge >= 0.3 is 0 Å². The van der Waals surface area contributed by atoms with Gasteiger partial charge in [0.15, 0.2) is 6.61 Å². The summed E-state index contributed by atoms with van der Waals surface area (Å²) in [5.41, 5.74) is 3.43. The zero-order valence-electron chi connectivity index (χ0n) is 17.3. The van der Waals surface area contributed by atoms with Crippen LogP contribution in [0.4, 0.5) is 0 Å². The van der Waals surface area contributed by atoms with Crippen LogP contribution in [0.2, 0.25) is 0 Å². The average molecular weight is 407 g/mol. The maximum atomic E-state index is 12.1. The van der Waals surface area contributed by atoms with Crippen molar-refractivity contribution in [3.63, 3.8) is 0 Å². The van der Waals surface area contributed by atoms with Crippen LogP contribution < -0.4 is 20.3 Å². The molecule has 3 rings (SSSR count). The molecule has 3 aromatic rings. The normalized spacial score (nSPS) is 10.5. The summed E-state index contributed by atoms with van der Waals surface area (Å²) in [6, 6.07) is 16.3. The van der Waals surface area contributed by atoms with E-state index in [1.807, 2.05) is 56.3 Å². The Morgan fingerprint density at radius 1 is 1.07 bits per heavy atom. The Kier molecular flexibility index (Phi) is 6.85. The predicted molar refractivity (Wildman–Crippen MR) is 115 cm³/mol.